The molecular weight excluding hydrogens is 249 g/mol. The number of furan rings is 1. The summed E-state index contributed by atoms with van der Waals surface area (Å²) in [7, 11) is 0. The molecule has 0 saturated heterocycles. The smallest absolute Gasteiger partial charge is 0.319 e. The maximum atomic E-state index is 12.9. The third kappa shape index (κ3) is 3.33. The fourth-order valence-electron chi connectivity index (χ4n) is 1.47. The molecule has 2 rings (SSSR count). The maximum Gasteiger partial charge on any atom is 0.319 e. The Kier molecular flexibility index (Phi) is 3.78. The minimum absolute atomic E-state index is 0.0631. The van der Waals surface area contributed by atoms with Crippen molar-refractivity contribution < 1.29 is 13.6 Å². The quantitative estimate of drug-likeness (QED) is 0.889. The summed E-state index contributed by atoms with van der Waals surface area (Å²) >= 11 is 0. The zero-order valence-corrected chi connectivity index (χ0v) is 9.81. The van der Waals surface area contributed by atoms with Gasteiger partial charge < -0.3 is 15.1 Å². The molecule has 2 amide bonds. The molecule has 0 bridgehead atoms. The Morgan fingerprint density at radius 1 is 1.42 bits per heavy atom. The topological polar surface area (TPSA) is 78.1 Å². The van der Waals surface area contributed by atoms with Crippen LogP contribution >= 0.6 is 0 Å². The first kappa shape index (κ1) is 12.6. The summed E-state index contributed by atoms with van der Waals surface area (Å²) in [5, 5.41) is 13.9. The highest BCUT2D eigenvalue weighted by Gasteiger charge is 2.08. The van der Waals surface area contributed by atoms with Gasteiger partial charge in [0.25, 0.3) is 0 Å². The fraction of sp³-hybridized carbons (Fsp3) is 0.0769. The van der Waals surface area contributed by atoms with Crippen LogP contribution in [0.4, 0.5) is 14.9 Å². The lowest BCUT2D eigenvalue weighted by Gasteiger charge is -2.07. The van der Waals surface area contributed by atoms with Crippen LogP contribution in [-0.2, 0) is 6.54 Å². The van der Waals surface area contributed by atoms with E-state index in [4.69, 9.17) is 9.68 Å². The van der Waals surface area contributed by atoms with Gasteiger partial charge in [0.1, 0.15) is 17.6 Å². The number of nitrogens with zero attached hydrogens (tertiary/aromatic N) is 1. The van der Waals surface area contributed by atoms with E-state index < -0.39 is 11.8 Å². The lowest BCUT2D eigenvalue weighted by atomic mass is 10.2. The number of rotatable bonds is 3. The van der Waals surface area contributed by atoms with Crippen LogP contribution in [0.15, 0.2) is 41.0 Å². The first-order valence-corrected chi connectivity index (χ1v) is 5.46. The van der Waals surface area contributed by atoms with E-state index in [1.807, 2.05) is 6.07 Å². The average Bonchev–Trinajstić information content (AvgIpc) is 2.91. The number of urea groups is 1. The third-order valence-electron chi connectivity index (χ3n) is 2.35. The standard InChI is InChI=1S/C13H10FN3O2/c14-10-3-4-12(9(6-10)7-15)17-13(18)16-8-11-2-1-5-19-11/h1-6H,8H2,(H2,16,17,18). The van der Waals surface area contributed by atoms with Gasteiger partial charge in [-0.2, -0.15) is 5.26 Å². The second-order valence-corrected chi connectivity index (χ2v) is 3.69. The van der Waals surface area contributed by atoms with E-state index in [2.05, 4.69) is 10.6 Å². The Morgan fingerprint density at radius 2 is 2.26 bits per heavy atom. The van der Waals surface area contributed by atoms with Gasteiger partial charge in [0.15, 0.2) is 0 Å². The number of nitriles is 1. The Hall–Kier alpha value is -2.81. The summed E-state index contributed by atoms with van der Waals surface area (Å²) in [6, 6.07) is 8.30. The van der Waals surface area contributed by atoms with Gasteiger partial charge in [-0.15, -0.1) is 0 Å². The van der Waals surface area contributed by atoms with Gasteiger partial charge in [0.05, 0.1) is 24.1 Å². The number of carbonyl (C=O) groups is 1. The summed E-state index contributed by atoms with van der Waals surface area (Å²) in [4.78, 5) is 11.6. The molecule has 0 aliphatic heterocycles. The van der Waals surface area contributed by atoms with Crippen molar-refractivity contribution in [3.63, 3.8) is 0 Å². The molecule has 96 valence electrons. The molecule has 0 aliphatic rings. The van der Waals surface area contributed by atoms with E-state index in [1.54, 1.807) is 12.1 Å². The van der Waals surface area contributed by atoms with E-state index >= 15 is 0 Å². The predicted octanol–water partition coefficient (Wildman–Crippen LogP) is 2.61. The van der Waals surface area contributed by atoms with Crippen LogP contribution < -0.4 is 10.6 Å². The summed E-state index contributed by atoms with van der Waals surface area (Å²) in [5.41, 5.74) is 0.314. The molecule has 5 nitrogen and oxygen atoms in total. The van der Waals surface area contributed by atoms with E-state index in [-0.39, 0.29) is 17.8 Å². The van der Waals surface area contributed by atoms with Gasteiger partial charge >= 0.3 is 6.03 Å². The molecule has 0 fully saturated rings. The number of anilines is 1. The summed E-state index contributed by atoms with van der Waals surface area (Å²) < 4.78 is 18.0. The predicted molar refractivity (Wildman–Crippen MR) is 65.7 cm³/mol. The normalized spacial score (nSPS) is 9.68. The summed E-state index contributed by atoms with van der Waals surface area (Å²) in [6.07, 6.45) is 1.50. The zero-order chi connectivity index (χ0) is 13.7. The molecule has 0 spiro atoms. The number of hydrogen-bond acceptors (Lipinski definition) is 3. The molecule has 1 aromatic heterocycles. The number of hydrogen-bond donors (Lipinski definition) is 2. The summed E-state index contributed by atoms with van der Waals surface area (Å²) in [6.45, 7) is 0.224. The average molecular weight is 259 g/mol. The van der Waals surface area contributed by atoms with Crippen LogP contribution in [0.1, 0.15) is 11.3 Å². The molecule has 6 heteroatoms. The van der Waals surface area contributed by atoms with Crippen molar-refractivity contribution >= 4 is 11.7 Å². The highest BCUT2D eigenvalue weighted by atomic mass is 19.1. The van der Waals surface area contributed by atoms with Crippen molar-refractivity contribution in [1.82, 2.24) is 5.32 Å². The fourth-order valence-corrected chi connectivity index (χ4v) is 1.47. The van der Waals surface area contributed by atoms with Gasteiger partial charge in [-0.25, -0.2) is 9.18 Å². The van der Waals surface area contributed by atoms with Crippen LogP contribution in [0.25, 0.3) is 0 Å². The van der Waals surface area contributed by atoms with Crippen LogP contribution in [0.5, 0.6) is 0 Å². The number of halogens is 1. The number of carbonyl (C=O) groups excluding carboxylic acids is 1. The Labute approximate surface area is 108 Å². The molecule has 1 heterocycles. The van der Waals surface area contributed by atoms with E-state index in [9.17, 15) is 9.18 Å². The van der Waals surface area contributed by atoms with Crippen LogP contribution in [-0.4, -0.2) is 6.03 Å². The highest BCUT2D eigenvalue weighted by Crippen LogP contribution is 2.15. The molecule has 1 aromatic carbocycles. The lowest BCUT2D eigenvalue weighted by molar-refractivity contribution is 0.251. The van der Waals surface area contributed by atoms with Crippen LogP contribution in [0.2, 0.25) is 0 Å². The Morgan fingerprint density at radius 3 is 2.95 bits per heavy atom. The minimum atomic E-state index is -0.530. The molecule has 0 atom stereocenters. The monoisotopic (exact) mass is 259 g/mol. The molecule has 2 aromatic rings. The Bertz CT molecular complexity index is 617. The molecule has 2 N–H and O–H groups in total. The van der Waals surface area contributed by atoms with Gasteiger partial charge in [0, 0.05) is 0 Å². The molecule has 0 radical (unpaired) electrons. The molecule has 0 unspecified atom stereocenters. The number of benzene rings is 1. The van der Waals surface area contributed by atoms with Crippen LogP contribution in [0, 0.1) is 17.1 Å². The summed E-state index contributed by atoms with van der Waals surface area (Å²) in [5.74, 6) is 0.0767. The second-order valence-electron chi connectivity index (χ2n) is 3.69. The van der Waals surface area contributed by atoms with Gasteiger partial charge in [-0.05, 0) is 30.3 Å². The molecule has 0 saturated carbocycles. The van der Waals surface area contributed by atoms with Crippen molar-refractivity contribution in [1.29, 1.82) is 5.26 Å². The zero-order valence-electron chi connectivity index (χ0n) is 9.81. The van der Waals surface area contributed by atoms with Crippen molar-refractivity contribution in [2.45, 2.75) is 6.54 Å². The van der Waals surface area contributed by atoms with Crippen molar-refractivity contribution in [2.24, 2.45) is 0 Å². The largest absolute Gasteiger partial charge is 0.467 e. The lowest BCUT2D eigenvalue weighted by Crippen LogP contribution is -2.28. The van der Waals surface area contributed by atoms with Crippen LogP contribution in [0.3, 0.4) is 0 Å². The maximum absolute atomic E-state index is 12.9. The molecular formula is C13H10FN3O2. The molecule has 19 heavy (non-hydrogen) atoms. The molecule has 0 aliphatic carbocycles. The van der Waals surface area contributed by atoms with Gasteiger partial charge in [-0.1, -0.05) is 0 Å². The highest BCUT2D eigenvalue weighted by molar-refractivity contribution is 5.90. The third-order valence-corrected chi connectivity index (χ3v) is 2.35. The van der Waals surface area contributed by atoms with E-state index in [0.29, 0.717) is 5.76 Å². The first-order valence-electron chi connectivity index (χ1n) is 5.46. The second kappa shape index (κ2) is 5.69. The van der Waals surface area contributed by atoms with Crippen molar-refractivity contribution in [3.05, 3.63) is 53.7 Å². The van der Waals surface area contributed by atoms with Crippen molar-refractivity contribution in [2.75, 3.05) is 5.32 Å². The first-order chi connectivity index (χ1) is 9.19. The van der Waals surface area contributed by atoms with Gasteiger partial charge in [0.2, 0.25) is 0 Å². The SMILES string of the molecule is N#Cc1cc(F)ccc1NC(=O)NCc1ccco1. The van der Waals surface area contributed by atoms with E-state index in [0.717, 1.165) is 6.07 Å². The van der Waals surface area contributed by atoms with E-state index in [1.165, 1.54) is 18.4 Å². The van der Waals surface area contributed by atoms with Gasteiger partial charge in [-0.3, -0.25) is 0 Å². The minimum Gasteiger partial charge on any atom is -0.467 e. The number of nitrogens with one attached hydrogen (secondary N) is 2. The van der Waals surface area contributed by atoms with Crippen molar-refractivity contribution in [3.8, 4) is 6.07 Å². The number of amides is 2. The Balaban J connectivity index is 1.97.